The number of H-pyrrole nitrogens is 1. The standard InChI is InChI=1S/C16H21N7O3/c1-3-10(13(17)25)5-4-9(2)19-6-11-7-20-14-12(23(11)8-24)15(26)22-16(18)21-14/h3-5,8,11H,6-7H2,1-2H3,(H2,17,25)(H4,18,20,21,22,26)/b5-4-,10-3?,19-9?. The van der Waals surface area contributed by atoms with Crippen molar-refractivity contribution in [2.45, 2.75) is 19.9 Å². The summed E-state index contributed by atoms with van der Waals surface area (Å²) in [7, 11) is 0. The fourth-order valence-electron chi connectivity index (χ4n) is 2.47. The van der Waals surface area contributed by atoms with Gasteiger partial charge in [0.15, 0.2) is 11.5 Å². The van der Waals surface area contributed by atoms with Crippen LogP contribution >= 0.6 is 0 Å². The fraction of sp³-hybridized carbons (Fsp3) is 0.312. The second-order valence-corrected chi connectivity index (χ2v) is 5.62. The van der Waals surface area contributed by atoms with E-state index in [4.69, 9.17) is 11.5 Å². The van der Waals surface area contributed by atoms with Crippen molar-refractivity contribution in [1.29, 1.82) is 0 Å². The molecule has 1 atom stereocenters. The van der Waals surface area contributed by atoms with E-state index in [9.17, 15) is 14.4 Å². The first-order valence-electron chi connectivity index (χ1n) is 7.90. The maximum Gasteiger partial charge on any atom is 0.278 e. The van der Waals surface area contributed by atoms with Crippen molar-refractivity contribution >= 4 is 35.5 Å². The van der Waals surface area contributed by atoms with Gasteiger partial charge in [0.1, 0.15) is 0 Å². The number of aliphatic imine (C=N–C) groups is 1. The summed E-state index contributed by atoms with van der Waals surface area (Å²) >= 11 is 0. The minimum absolute atomic E-state index is 0.0289. The topological polar surface area (TPSA) is 160 Å². The van der Waals surface area contributed by atoms with Crippen LogP contribution in [0.1, 0.15) is 13.8 Å². The number of carbonyl (C=O) groups is 2. The first-order chi connectivity index (χ1) is 12.4. The average molecular weight is 359 g/mol. The van der Waals surface area contributed by atoms with Crippen molar-refractivity contribution in [3.8, 4) is 0 Å². The molecule has 0 radical (unpaired) electrons. The lowest BCUT2D eigenvalue weighted by molar-refractivity contribution is -0.114. The van der Waals surface area contributed by atoms with Crippen molar-refractivity contribution in [1.82, 2.24) is 9.97 Å². The molecule has 2 heterocycles. The number of nitrogens with two attached hydrogens (primary N) is 2. The van der Waals surface area contributed by atoms with Gasteiger partial charge in [0, 0.05) is 17.8 Å². The number of primary amides is 1. The SMILES string of the molecule is CC=C(/C=C\C(C)=NCC1CNc2nc(N)[nH]c(=O)c2N1C=O)C(N)=O. The number of carbonyl (C=O) groups excluding carboxylic acids is 2. The summed E-state index contributed by atoms with van der Waals surface area (Å²) in [6.07, 6.45) is 5.41. The number of aromatic nitrogens is 2. The lowest BCUT2D eigenvalue weighted by atomic mass is 10.1. The summed E-state index contributed by atoms with van der Waals surface area (Å²) in [4.78, 5) is 46.8. The smallest absolute Gasteiger partial charge is 0.278 e. The van der Waals surface area contributed by atoms with Crippen LogP contribution in [0.2, 0.25) is 0 Å². The summed E-state index contributed by atoms with van der Waals surface area (Å²) in [5.41, 5.74) is 11.4. The molecule has 1 aromatic heterocycles. The number of hydrogen-bond acceptors (Lipinski definition) is 7. The molecule has 0 aliphatic carbocycles. The zero-order chi connectivity index (χ0) is 19.3. The van der Waals surface area contributed by atoms with E-state index in [-0.39, 0.29) is 30.0 Å². The third-order valence-electron chi connectivity index (χ3n) is 3.83. The number of hydrogen-bond donors (Lipinski definition) is 4. The van der Waals surface area contributed by atoms with E-state index in [2.05, 4.69) is 20.3 Å². The first-order valence-corrected chi connectivity index (χ1v) is 7.90. The molecule has 2 amide bonds. The molecule has 2 rings (SSSR count). The Bertz CT molecular complexity index is 854. The number of nitrogens with one attached hydrogen (secondary N) is 2. The molecule has 0 bridgehead atoms. The Balaban J connectivity index is 2.17. The predicted molar refractivity (Wildman–Crippen MR) is 100 cm³/mol. The van der Waals surface area contributed by atoms with Gasteiger partial charge >= 0.3 is 0 Å². The van der Waals surface area contributed by atoms with Crippen molar-refractivity contribution in [3.63, 3.8) is 0 Å². The minimum Gasteiger partial charge on any atom is -0.369 e. The van der Waals surface area contributed by atoms with E-state index in [1.807, 2.05) is 0 Å². The molecule has 6 N–H and O–H groups in total. The van der Waals surface area contributed by atoms with Gasteiger partial charge in [0.2, 0.25) is 18.3 Å². The Labute approximate surface area is 149 Å². The predicted octanol–water partition coefficient (Wildman–Crippen LogP) is -0.442. The molecule has 0 saturated heterocycles. The van der Waals surface area contributed by atoms with Crippen LogP contribution in [-0.2, 0) is 9.59 Å². The number of nitrogen functional groups attached to an aromatic ring is 1. The normalized spacial score (nSPS) is 17.8. The molecule has 1 aromatic rings. The number of aromatic amines is 1. The van der Waals surface area contributed by atoms with Crippen LogP contribution in [0.15, 0.2) is 33.6 Å². The Morgan fingerprint density at radius 1 is 1.46 bits per heavy atom. The molecule has 1 aliphatic rings. The number of anilines is 3. The third-order valence-corrected chi connectivity index (χ3v) is 3.83. The van der Waals surface area contributed by atoms with Crippen LogP contribution in [-0.4, -0.2) is 47.1 Å². The lowest BCUT2D eigenvalue weighted by Gasteiger charge is -2.32. The van der Waals surface area contributed by atoms with Crippen molar-refractivity contribution in [2.75, 3.05) is 29.0 Å². The van der Waals surface area contributed by atoms with E-state index >= 15 is 0 Å². The van der Waals surface area contributed by atoms with E-state index < -0.39 is 11.5 Å². The molecule has 1 aliphatic heterocycles. The summed E-state index contributed by atoms with van der Waals surface area (Å²) < 4.78 is 0. The van der Waals surface area contributed by atoms with Gasteiger partial charge in [-0.2, -0.15) is 4.98 Å². The second kappa shape index (κ2) is 8.10. The average Bonchev–Trinajstić information content (AvgIpc) is 2.59. The summed E-state index contributed by atoms with van der Waals surface area (Å²) in [5, 5.41) is 2.99. The minimum atomic E-state index is -0.525. The van der Waals surface area contributed by atoms with Crippen LogP contribution in [0.3, 0.4) is 0 Å². The number of amides is 2. The van der Waals surface area contributed by atoms with Gasteiger partial charge in [-0.1, -0.05) is 6.08 Å². The van der Waals surface area contributed by atoms with Crippen LogP contribution in [0.4, 0.5) is 17.5 Å². The van der Waals surface area contributed by atoms with Crippen molar-refractivity contribution in [3.05, 3.63) is 34.2 Å². The molecule has 10 nitrogen and oxygen atoms in total. The first kappa shape index (κ1) is 18.9. The zero-order valence-electron chi connectivity index (χ0n) is 14.5. The van der Waals surface area contributed by atoms with Crippen molar-refractivity contribution < 1.29 is 9.59 Å². The zero-order valence-corrected chi connectivity index (χ0v) is 14.5. The van der Waals surface area contributed by atoms with Crippen LogP contribution in [0.5, 0.6) is 0 Å². The highest BCUT2D eigenvalue weighted by atomic mass is 16.2. The molecule has 10 heteroatoms. The Morgan fingerprint density at radius 2 is 2.19 bits per heavy atom. The van der Waals surface area contributed by atoms with Gasteiger partial charge < -0.3 is 21.7 Å². The largest absolute Gasteiger partial charge is 0.369 e. The van der Waals surface area contributed by atoms with E-state index in [1.165, 1.54) is 4.90 Å². The maximum atomic E-state index is 12.1. The number of rotatable bonds is 6. The van der Waals surface area contributed by atoms with Gasteiger partial charge in [-0.15, -0.1) is 0 Å². The molecule has 26 heavy (non-hydrogen) atoms. The molecule has 138 valence electrons. The van der Waals surface area contributed by atoms with Gasteiger partial charge in [0.25, 0.3) is 5.56 Å². The number of fused-ring (bicyclic) bond motifs is 1. The lowest BCUT2D eigenvalue weighted by Crippen LogP contribution is -2.48. The van der Waals surface area contributed by atoms with Crippen LogP contribution in [0.25, 0.3) is 0 Å². The number of nitrogens with zero attached hydrogens (tertiary/aromatic N) is 3. The van der Waals surface area contributed by atoms with E-state index in [0.29, 0.717) is 24.2 Å². The highest BCUT2D eigenvalue weighted by molar-refractivity contribution is 5.99. The molecule has 0 fully saturated rings. The maximum absolute atomic E-state index is 12.1. The quantitative estimate of drug-likeness (QED) is 0.233. The van der Waals surface area contributed by atoms with Crippen LogP contribution < -0.4 is 27.2 Å². The molecule has 1 unspecified atom stereocenters. The highest BCUT2D eigenvalue weighted by Crippen LogP contribution is 2.25. The van der Waals surface area contributed by atoms with E-state index in [0.717, 1.165) is 0 Å². The Kier molecular flexibility index (Phi) is 5.89. The molecular weight excluding hydrogens is 338 g/mol. The summed E-state index contributed by atoms with van der Waals surface area (Å²) in [6, 6.07) is -0.368. The van der Waals surface area contributed by atoms with E-state index in [1.54, 1.807) is 32.1 Å². The summed E-state index contributed by atoms with van der Waals surface area (Å²) in [6.45, 7) is 4.09. The highest BCUT2D eigenvalue weighted by Gasteiger charge is 2.29. The number of allylic oxidation sites excluding steroid dienone is 2. The molecule has 0 spiro atoms. The van der Waals surface area contributed by atoms with Gasteiger partial charge in [0.05, 0.1) is 12.6 Å². The molecular formula is C16H21N7O3. The third kappa shape index (κ3) is 4.15. The van der Waals surface area contributed by atoms with Crippen molar-refractivity contribution in [2.24, 2.45) is 10.7 Å². The van der Waals surface area contributed by atoms with Gasteiger partial charge in [-0.25, -0.2) is 0 Å². The molecule has 0 saturated carbocycles. The Morgan fingerprint density at radius 3 is 2.81 bits per heavy atom. The Hall–Kier alpha value is -3.43. The fourth-order valence-corrected chi connectivity index (χ4v) is 2.47. The summed E-state index contributed by atoms with van der Waals surface area (Å²) in [5.74, 6) is -0.295. The second-order valence-electron chi connectivity index (χ2n) is 5.62. The van der Waals surface area contributed by atoms with Crippen LogP contribution in [0, 0.1) is 0 Å². The van der Waals surface area contributed by atoms with Gasteiger partial charge in [-0.05, 0) is 26.0 Å². The monoisotopic (exact) mass is 359 g/mol. The van der Waals surface area contributed by atoms with Gasteiger partial charge in [-0.3, -0.25) is 24.4 Å². The molecule has 0 aromatic carbocycles.